The van der Waals surface area contributed by atoms with Crippen molar-refractivity contribution in [2.75, 3.05) is 16.3 Å². The lowest BCUT2D eigenvalue weighted by molar-refractivity contribution is 1.10. The molecular formula is C61H42N2S. The van der Waals surface area contributed by atoms with Gasteiger partial charge in [-0.2, -0.15) is 0 Å². The van der Waals surface area contributed by atoms with E-state index >= 15 is 0 Å². The van der Waals surface area contributed by atoms with E-state index in [1.165, 1.54) is 69.3 Å². The minimum absolute atomic E-state index is 0.727. The number of thiophene rings is 1. The van der Waals surface area contributed by atoms with Gasteiger partial charge in [0.25, 0.3) is 0 Å². The van der Waals surface area contributed by atoms with Crippen LogP contribution in [0.25, 0.3) is 80.3 Å². The molecule has 2 heterocycles. The van der Waals surface area contributed by atoms with E-state index in [2.05, 4.69) is 247 Å². The summed E-state index contributed by atoms with van der Waals surface area (Å²) in [5, 5.41) is 10.2. The SMILES string of the molecule is C=C1/C=C\C=C/CN(c2ccc3c4ccccc4c4ccccc4c3c2)c2ccc(-c3ccc(N(c4ccc(-c5ccccc5)cc4)c4cccc5c4sc4ccccc45)cc3)cc21. The molecule has 64 heavy (non-hydrogen) atoms. The molecule has 12 rings (SSSR count). The molecule has 2 nitrogen and oxygen atoms in total. The van der Waals surface area contributed by atoms with E-state index in [4.69, 9.17) is 0 Å². The third-order valence-electron chi connectivity index (χ3n) is 12.8. The van der Waals surface area contributed by atoms with Gasteiger partial charge in [-0.25, -0.2) is 0 Å². The number of benzene rings is 10. The zero-order chi connectivity index (χ0) is 42.6. The number of nitrogens with zero attached hydrogens (tertiary/aromatic N) is 2. The van der Waals surface area contributed by atoms with Crippen molar-refractivity contribution in [2.24, 2.45) is 0 Å². The minimum Gasteiger partial charge on any atom is -0.337 e. The zero-order valence-electron chi connectivity index (χ0n) is 35.2. The Bertz CT molecular complexity index is 3620. The topological polar surface area (TPSA) is 6.48 Å². The Labute approximate surface area is 377 Å². The van der Waals surface area contributed by atoms with Crippen molar-refractivity contribution in [1.29, 1.82) is 0 Å². The van der Waals surface area contributed by atoms with Crippen molar-refractivity contribution in [3.63, 3.8) is 0 Å². The van der Waals surface area contributed by atoms with Gasteiger partial charge in [0.2, 0.25) is 0 Å². The number of fused-ring (bicyclic) bond motifs is 10. The summed E-state index contributed by atoms with van der Waals surface area (Å²) in [5.41, 5.74) is 12.5. The van der Waals surface area contributed by atoms with Gasteiger partial charge in [0, 0.05) is 50.3 Å². The maximum atomic E-state index is 4.60. The third-order valence-corrected chi connectivity index (χ3v) is 14.0. The molecule has 0 saturated carbocycles. The molecule has 0 fully saturated rings. The lowest BCUT2D eigenvalue weighted by atomic mass is 9.93. The van der Waals surface area contributed by atoms with E-state index in [-0.39, 0.29) is 0 Å². The van der Waals surface area contributed by atoms with Crippen LogP contribution < -0.4 is 9.80 Å². The molecule has 1 aliphatic rings. The minimum atomic E-state index is 0.727. The van der Waals surface area contributed by atoms with Crippen LogP contribution in [-0.4, -0.2) is 6.54 Å². The molecule has 0 N–H and O–H groups in total. The Morgan fingerprint density at radius 1 is 0.438 bits per heavy atom. The molecule has 3 heteroatoms. The number of hydrogen-bond acceptors (Lipinski definition) is 3. The largest absolute Gasteiger partial charge is 0.337 e. The van der Waals surface area contributed by atoms with E-state index in [0.29, 0.717) is 0 Å². The van der Waals surface area contributed by atoms with Gasteiger partial charge in [0.15, 0.2) is 0 Å². The molecule has 302 valence electrons. The summed E-state index contributed by atoms with van der Waals surface area (Å²) in [4.78, 5) is 4.84. The van der Waals surface area contributed by atoms with E-state index in [1.807, 2.05) is 11.3 Å². The third kappa shape index (κ3) is 6.49. The van der Waals surface area contributed by atoms with Gasteiger partial charge in [-0.3, -0.25) is 0 Å². The van der Waals surface area contributed by atoms with Crippen LogP contribution >= 0.6 is 11.3 Å². The lowest BCUT2D eigenvalue weighted by Gasteiger charge is -2.28. The second kappa shape index (κ2) is 15.7. The van der Waals surface area contributed by atoms with Gasteiger partial charge >= 0.3 is 0 Å². The molecule has 1 aliphatic heterocycles. The number of hydrogen-bond donors (Lipinski definition) is 0. The highest BCUT2D eigenvalue weighted by Gasteiger charge is 2.21. The van der Waals surface area contributed by atoms with Crippen molar-refractivity contribution >= 4 is 97.8 Å². The Hall–Kier alpha value is -7.98. The predicted octanol–water partition coefficient (Wildman–Crippen LogP) is 17.6. The second-order valence-electron chi connectivity index (χ2n) is 16.5. The molecule has 1 aromatic heterocycles. The molecule has 0 saturated heterocycles. The highest BCUT2D eigenvalue weighted by molar-refractivity contribution is 7.26. The maximum Gasteiger partial charge on any atom is 0.0640 e. The lowest BCUT2D eigenvalue weighted by Crippen LogP contribution is -2.18. The molecule has 0 amide bonds. The smallest absolute Gasteiger partial charge is 0.0640 e. The summed E-state index contributed by atoms with van der Waals surface area (Å²) in [7, 11) is 0. The van der Waals surface area contributed by atoms with E-state index in [0.717, 1.165) is 51.6 Å². The van der Waals surface area contributed by atoms with Crippen molar-refractivity contribution in [3.05, 3.63) is 243 Å². The Balaban J connectivity index is 0.946. The number of allylic oxidation sites excluding steroid dienone is 4. The van der Waals surface area contributed by atoms with Crippen molar-refractivity contribution in [2.45, 2.75) is 0 Å². The monoisotopic (exact) mass is 834 g/mol. The standard InChI is InChI=1S/C61H42N2S/c1-41-15-4-3-13-38-62(48-35-36-53-51-20-8-7-18-49(51)50-19-9-10-21-52(50)57(53)40-48)58-37-30-45(39-56(41)58)44-28-33-47(34-29-44)63(46-31-26-43(27-32-46)42-16-5-2-6-17-42)59-24-14-23-55-54-22-11-12-25-60(54)64-61(55)59/h2-37,39-40H,1,38H2/b13-3-,15-4-. The Morgan fingerprint density at radius 3 is 1.70 bits per heavy atom. The summed E-state index contributed by atoms with van der Waals surface area (Å²) in [6, 6.07) is 75.5. The van der Waals surface area contributed by atoms with Crippen LogP contribution in [-0.2, 0) is 0 Å². The van der Waals surface area contributed by atoms with Crippen LogP contribution in [0.15, 0.2) is 237 Å². The first-order valence-electron chi connectivity index (χ1n) is 21.9. The second-order valence-corrected chi connectivity index (χ2v) is 17.6. The molecular weight excluding hydrogens is 793 g/mol. The average molecular weight is 835 g/mol. The van der Waals surface area contributed by atoms with Crippen LogP contribution in [0.2, 0.25) is 0 Å². The highest BCUT2D eigenvalue weighted by atomic mass is 32.1. The first-order valence-corrected chi connectivity index (χ1v) is 22.7. The van der Waals surface area contributed by atoms with Crippen molar-refractivity contribution in [3.8, 4) is 22.3 Å². The van der Waals surface area contributed by atoms with Gasteiger partial charge in [-0.15, -0.1) is 11.3 Å². The fourth-order valence-corrected chi connectivity index (χ4v) is 10.9. The molecule has 11 aromatic rings. The number of anilines is 5. The van der Waals surface area contributed by atoms with Gasteiger partial charge in [0.05, 0.1) is 10.4 Å². The Kier molecular flexibility index (Phi) is 9.28. The van der Waals surface area contributed by atoms with Gasteiger partial charge in [-0.05, 0) is 121 Å². The van der Waals surface area contributed by atoms with Crippen molar-refractivity contribution in [1.82, 2.24) is 0 Å². The summed E-state index contributed by atoms with van der Waals surface area (Å²) in [6.07, 6.45) is 8.60. The molecule has 0 spiro atoms. The summed E-state index contributed by atoms with van der Waals surface area (Å²) < 4.78 is 2.57. The summed E-state index contributed by atoms with van der Waals surface area (Å²) >= 11 is 1.86. The van der Waals surface area contributed by atoms with E-state index in [9.17, 15) is 0 Å². The molecule has 0 radical (unpaired) electrons. The average Bonchev–Trinajstić information content (AvgIpc) is 3.78. The molecule has 0 unspecified atom stereocenters. The molecule has 0 atom stereocenters. The van der Waals surface area contributed by atoms with Gasteiger partial charge < -0.3 is 9.80 Å². The van der Waals surface area contributed by atoms with Gasteiger partial charge in [-0.1, -0.05) is 176 Å². The number of rotatable bonds is 6. The first-order chi connectivity index (χ1) is 31.7. The fourth-order valence-electron chi connectivity index (χ4n) is 9.69. The maximum absolute atomic E-state index is 4.60. The first kappa shape index (κ1) is 37.8. The molecule has 10 aromatic carbocycles. The van der Waals surface area contributed by atoms with E-state index < -0.39 is 0 Å². The molecule has 0 bridgehead atoms. The van der Waals surface area contributed by atoms with Crippen LogP contribution in [0, 0.1) is 0 Å². The van der Waals surface area contributed by atoms with Crippen LogP contribution in [0.1, 0.15) is 5.56 Å². The van der Waals surface area contributed by atoms with Crippen LogP contribution in [0.3, 0.4) is 0 Å². The Morgan fingerprint density at radius 2 is 1.00 bits per heavy atom. The summed E-state index contributed by atoms with van der Waals surface area (Å²) in [6.45, 7) is 5.33. The quantitative estimate of drug-likeness (QED) is 0.154. The van der Waals surface area contributed by atoms with Crippen LogP contribution in [0.5, 0.6) is 0 Å². The fraction of sp³-hybridized carbons (Fsp3) is 0.0164. The van der Waals surface area contributed by atoms with Crippen LogP contribution in [0.4, 0.5) is 28.4 Å². The highest BCUT2D eigenvalue weighted by Crippen LogP contribution is 2.46. The van der Waals surface area contributed by atoms with Crippen molar-refractivity contribution < 1.29 is 0 Å². The van der Waals surface area contributed by atoms with E-state index in [1.54, 1.807) is 0 Å². The molecule has 0 aliphatic carbocycles. The zero-order valence-corrected chi connectivity index (χ0v) is 36.0. The predicted molar refractivity (Wildman–Crippen MR) is 278 cm³/mol. The summed E-state index contributed by atoms with van der Waals surface area (Å²) in [5.74, 6) is 0. The normalized spacial score (nSPS) is 13.8. The van der Waals surface area contributed by atoms with Gasteiger partial charge in [0.1, 0.15) is 0 Å².